The predicted molar refractivity (Wildman–Crippen MR) is 85.5 cm³/mol. The van der Waals surface area contributed by atoms with Crippen LogP contribution in [0, 0.1) is 0 Å². The highest BCUT2D eigenvalue weighted by atomic mass is 16.5. The quantitative estimate of drug-likeness (QED) is 0.786. The second-order valence-electron chi connectivity index (χ2n) is 5.37. The van der Waals surface area contributed by atoms with Gasteiger partial charge in [-0.15, -0.1) is 0 Å². The van der Waals surface area contributed by atoms with Gasteiger partial charge in [0.05, 0.1) is 19.4 Å². The zero-order valence-electron chi connectivity index (χ0n) is 13.6. The number of carboxylic acid groups (broad SMARTS) is 1. The number of carbonyl (C=O) groups is 2. The van der Waals surface area contributed by atoms with E-state index in [-0.39, 0.29) is 12.3 Å². The maximum Gasteiger partial charge on any atom is 0.331 e. The molecular weight excluding hydrogens is 314 g/mol. The lowest BCUT2D eigenvalue weighted by Crippen LogP contribution is -2.55. The smallest absolute Gasteiger partial charge is 0.331 e. The first-order chi connectivity index (χ1) is 11.4. The van der Waals surface area contributed by atoms with Crippen LogP contribution in [-0.2, 0) is 9.53 Å². The summed E-state index contributed by atoms with van der Waals surface area (Å²) in [7, 11) is 2.94. The predicted octanol–water partition coefficient (Wildman–Crippen LogP) is 1.10. The van der Waals surface area contributed by atoms with Gasteiger partial charge in [0.2, 0.25) is 0 Å². The van der Waals surface area contributed by atoms with Gasteiger partial charge in [0.15, 0.2) is 11.2 Å². The topological polar surface area (TPSA) is 103 Å². The number of nitrogens with zero attached hydrogens (tertiary/aromatic N) is 2. The Labute approximate surface area is 139 Å². The van der Waals surface area contributed by atoms with Crippen LogP contribution in [-0.4, -0.2) is 53.1 Å². The lowest BCUT2D eigenvalue weighted by Gasteiger charge is -2.24. The van der Waals surface area contributed by atoms with E-state index in [9.17, 15) is 14.7 Å². The molecule has 0 aliphatic heterocycles. The van der Waals surface area contributed by atoms with Gasteiger partial charge in [-0.3, -0.25) is 4.79 Å². The molecule has 1 heterocycles. The number of nitrogens with one attached hydrogen (secondary N) is 1. The number of hydrogen-bond acceptors (Lipinski definition) is 5. The van der Waals surface area contributed by atoms with E-state index in [0.717, 1.165) is 5.69 Å². The number of hydrogen-bond donors (Lipinski definition) is 2. The lowest BCUT2D eigenvalue weighted by atomic mass is 10.0. The molecule has 0 bridgehead atoms. The molecule has 0 aliphatic carbocycles. The van der Waals surface area contributed by atoms with E-state index in [1.54, 1.807) is 37.6 Å². The average Bonchev–Trinajstić information content (AvgIpc) is 3.05. The number of carbonyl (C=O) groups excluding carboxylic acids is 1. The fourth-order valence-corrected chi connectivity index (χ4v) is 2.08. The van der Waals surface area contributed by atoms with Crippen molar-refractivity contribution in [1.29, 1.82) is 0 Å². The summed E-state index contributed by atoms with van der Waals surface area (Å²) in [6.45, 7) is 1.21. The molecule has 8 heteroatoms. The van der Waals surface area contributed by atoms with Crippen molar-refractivity contribution in [2.24, 2.45) is 0 Å². The molecule has 1 atom stereocenters. The van der Waals surface area contributed by atoms with Gasteiger partial charge in [-0.1, -0.05) is 0 Å². The van der Waals surface area contributed by atoms with E-state index < -0.39 is 17.4 Å². The van der Waals surface area contributed by atoms with Crippen molar-refractivity contribution in [1.82, 2.24) is 15.1 Å². The maximum absolute atomic E-state index is 12.3. The van der Waals surface area contributed by atoms with Crippen LogP contribution < -0.4 is 10.1 Å². The second-order valence-corrected chi connectivity index (χ2v) is 5.37. The molecule has 1 aromatic carbocycles. The summed E-state index contributed by atoms with van der Waals surface area (Å²) in [6, 6.07) is 8.64. The highest BCUT2D eigenvalue weighted by molar-refractivity contribution is 5.96. The van der Waals surface area contributed by atoms with E-state index in [0.29, 0.717) is 5.75 Å². The number of ether oxygens (including phenoxy) is 2. The number of amides is 1. The van der Waals surface area contributed by atoms with Crippen molar-refractivity contribution in [2.45, 2.75) is 12.5 Å². The highest BCUT2D eigenvalue weighted by Crippen LogP contribution is 2.15. The molecule has 2 aromatic rings. The van der Waals surface area contributed by atoms with Gasteiger partial charge in [0.1, 0.15) is 5.75 Å². The van der Waals surface area contributed by atoms with Crippen LogP contribution in [0.3, 0.4) is 0 Å². The number of benzene rings is 1. The molecule has 0 fully saturated rings. The Balaban J connectivity index is 2.17. The van der Waals surface area contributed by atoms with Crippen molar-refractivity contribution in [3.63, 3.8) is 0 Å². The van der Waals surface area contributed by atoms with Crippen LogP contribution in [0.15, 0.2) is 36.5 Å². The summed E-state index contributed by atoms with van der Waals surface area (Å²) in [5, 5.41) is 15.9. The van der Waals surface area contributed by atoms with Crippen LogP contribution in [0.2, 0.25) is 0 Å². The first kappa shape index (κ1) is 17.5. The normalized spacial score (nSPS) is 13.1. The Bertz CT molecular complexity index is 726. The maximum atomic E-state index is 12.3. The molecule has 0 aliphatic rings. The Morgan fingerprint density at radius 2 is 1.92 bits per heavy atom. The van der Waals surface area contributed by atoms with E-state index in [1.807, 2.05) is 0 Å². The molecule has 128 valence electrons. The highest BCUT2D eigenvalue weighted by Gasteiger charge is 2.35. The third-order valence-electron chi connectivity index (χ3n) is 3.45. The van der Waals surface area contributed by atoms with Crippen molar-refractivity contribution < 1.29 is 24.2 Å². The summed E-state index contributed by atoms with van der Waals surface area (Å²) in [4.78, 5) is 23.6. The SMILES string of the molecule is COCC(C)(NC(=O)c1ccn(-c2ccc(OC)cc2)n1)C(=O)O. The minimum atomic E-state index is -1.53. The van der Waals surface area contributed by atoms with Gasteiger partial charge < -0.3 is 19.9 Å². The van der Waals surface area contributed by atoms with Gasteiger partial charge in [-0.2, -0.15) is 5.10 Å². The first-order valence-corrected chi connectivity index (χ1v) is 7.14. The summed E-state index contributed by atoms with van der Waals surface area (Å²) in [5.74, 6) is -1.07. The fourth-order valence-electron chi connectivity index (χ4n) is 2.08. The van der Waals surface area contributed by atoms with E-state index >= 15 is 0 Å². The molecule has 2 N–H and O–H groups in total. The average molecular weight is 333 g/mol. The minimum Gasteiger partial charge on any atom is -0.497 e. The van der Waals surface area contributed by atoms with Gasteiger partial charge >= 0.3 is 5.97 Å². The van der Waals surface area contributed by atoms with Gasteiger partial charge in [0, 0.05) is 13.3 Å². The van der Waals surface area contributed by atoms with Crippen molar-refractivity contribution in [3.8, 4) is 11.4 Å². The molecule has 1 amide bonds. The third kappa shape index (κ3) is 3.72. The van der Waals surface area contributed by atoms with E-state index in [2.05, 4.69) is 10.4 Å². The van der Waals surface area contributed by atoms with Crippen LogP contribution in [0.25, 0.3) is 5.69 Å². The van der Waals surface area contributed by atoms with E-state index in [1.165, 1.54) is 24.8 Å². The first-order valence-electron chi connectivity index (χ1n) is 7.14. The van der Waals surface area contributed by atoms with E-state index in [4.69, 9.17) is 9.47 Å². The Morgan fingerprint density at radius 3 is 2.46 bits per heavy atom. The zero-order valence-corrected chi connectivity index (χ0v) is 13.6. The van der Waals surface area contributed by atoms with Crippen molar-refractivity contribution >= 4 is 11.9 Å². The minimum absolute atomic E-state index is 0.106. The molecule has 0 saturated heterocycles. The number of methoxy groups -OCH3 is 2. The molecule has 0 radical (unpaired) electrons. The molecular formula is C16H19N3O5. The Hall–Kier alpha value is -2.87. The molecule has 2 rings (SSSR count). The Morgan fingerprint density at radius 1 is 1.25 bits per heavy atom. The van der Waals surface area contributed by atoms with Crippen molar-refractivity contribution in [3.05, 3.63) is 42.2 Å². The summed E-state index contributed by atoms with van der Waals surface area (Å²) >= 11 is 0. The Kier molecular flexibility index (Phi) is 5.20. The lowest BCUT2D eigenvalue weighted by molar-refractivity contribution is -0.145. The molecule has 8 nitrogen and oxygen atoms in total. The van der Waals surface area contributed by atoms with Crippen LogP contribution in [0.5, 0.6) is 5.75 Å². The van der Waals surface area contributed by atoms with Crippen LogP contribution >= 0.6 is 0 Å². The standard InChI is InChI=1S/C16H19N3O5/c1-16(10-23-2,15(21)22)17-14(20)13-8-9-19(18-13)11-4-6-12(24-3)7-5-11/h4-9H,10H2,1-3H3,(H,17,20)(H,21,22). The molecule has 1 unspecified atom stereocenters. The zero-order chi connectivity index (χ0) is 17.7. The third-order valence-corrected chi connectivity index (χ3v) is 3.45. The largest absolute Gasteiger partial charge is 0.497 e. The molecule has 1 aromatic heterocycles. The molecule has 24 heavy (non-hydrogen) atoms. The van der Waals surface area contributed by atoms with Gasteiger partial charge in [0.25, 0.3) is 5.91 Å². The van der Waals surface area contributed by atoms with Gasteiger partial charge in [-0.25, -0.2) is 9.48 Å². The van der Waals surface area contributed by atoms with Gasteiger partial charge in [-0.05, 0) is 37.3 Å². The number of carboxylic acids is 1. The summed E-state index contributed by atoms with van der Waals surface area (Å²) in [6.07, 6.45) is 1.62. The second kappa shape index (κ2) is 7.14. The number of aliphatic carboxylic acids is 1. The summed E-state index contributed by atoms with van der Waals surface area (Å²) < 4.78 is 11.5. The van der Waals surface area contributed by atoms with Crippen molar-refractivity contribution in [2.75, 3.05) is 20.8 Å². The van der Waals surface area contributed by atoms with Crippen LogP contribution in [0.1, 0.15) is 17.4 Å². The molecule has 0 spiro atoms. The van der Waals surface area contributed by atoms with Crippen LogP contribution in [0.4, 0.5) is 0 Å². The summed E-state index contributed by atoms with van der Waals surface area (Å²) in [5.41, 5.74) is -0.683. The monoisotopic (exact) mass is 333 g/mol. The number of aromatic nitrogens is 2. The number of rotatable bonds is 7. The fraction of sp³-hybridized carbons (Fsp3) is 0.312. The molecule has 0 saturated carbocycles.